The Hall–Kier alpha value is -0.0800. The lowest BCUT2D eigenvalue weighted by atomic mass is 9.85. The van der Waals surface area contributed by atoms with E-state index < -0.39 is 0 Å². The molecule has 1 heterocycles. The molecule has 0 bridgehead atoms. The van der Waals surface area contributed by atoms with Gasteiger partial charge in [0.1, 0.15) is 0 Å². The summed E-state index contributed by atoms with van der Waals surface area (Å²) in [5.41, 5.74) is 6.25. The lowest BCUT2D eigenvalue weighted by Gasteiger charge is -2.25. The van der Waals surface area contributed by atoms with Gasteiger partial charge in [0.05, 0.1) is 6.10 Å². The van der Waals surface area contributed by atoms with Crippen molar-refractivity contribution in [3.63, 3.8) is 0 Å². The van der Waals surface area contributed by atoms with Gasteiger partial charge in [0.2, 0.25) is 0 Å². The average molecular weight is 253 g/mol. The van der Waals surface area contributed by atoms with Gasteiger partial charge in [-0.1, -0.05) is 32.1 Å². The molecule has 0 aromatic heterocycles. The monoisotopic (exact) mass is 253 g/mol. The van der Waals surface area contributed by atoms with Crippen LogP contribution in [0.4, 0.5) is 0 Å². The predicted molar refractivity (Wildman–Crippen MR) is 76.6 cm³/mol. The van der Waals surface area contributed by atoms with Gasteiger partial charge < -0.3 is 10.5 Å². The molecule has 2 nitrogen and oxygen atoms in total. The Labute approximate surface area is 113 Å². The quantitative estimate of drug-likeness (QED) is 0.776. The Morgan fingerprint density at radius 2 is 1.61 bits per heavy atom. The summed E-state index contributed by atoms with van der Waals surface area (Å²) < 4.78 is 5.77. The molecule has 1 saturated carbocycles. The molecule has 0 amide bonds. The fraction of sp³-hybridized carbons (Fsp3) is 1.00. The molecule has 0 radical (unpaired) electrons. The first-order chi connectivity index (χ1) is 8.84. The molecule has 0 aromatic rings. The van der Waals surface area contributed by atoms with E-state index in [9.17, 15) is 0 Å². The zero-order chi connectivity index (χ0) is 12.6. The molecule has 2 fully saturated rings. The third-order valence-corrected chi connectivity index (χ3v) is 4.80. The zero-order valence-electron chi connectivity index (χ0n) is 11.9. The smallest absolute Gasteiger partial charge is 0.0575 e. The van der Waals surface area contributed by atoms with Crippen LogP contribution in [0.25, 0.3) is 0 Å². The molecule has 0 spiro atoms. The highest BCUT2D eigenvalue weighted by Gasteiger charge is 2.17. The van der Waals surface area contributed by atoms with Crippen molar-refractivity contribution in [2.45, 2.75) is 89.2 Å². The summed E-state index contributed by atoms with van der Waals surface area (Å²) in [5, 5.41) is 0. The van der Waals surface area contributed by atoms with Crippen LogP contribution >= 0.6 is 0 Å². The second-order valence-corrected chi connectivity index (χ2v) is 6.41. The van der Waals surface area contributed by atoms with Crippen molar-refractivity contribution in [2.75, 3.05) is 6.61 Å². The molecule has 1 saturated heterocycles. The molecular formula is C16H31NO. The van der Waals surface area contributed by atoms with Crippen LogP contribution in [-0.4, -0.2) is 18.8 Å². The molecule has 0 aromatic carbocycles. The van der Waals surface area contributed by atoms with Crippen LogP contribution in [0.5, 0.6) is 0 Å². The van der Waals surface area contributed by atoms with Gasteiger partial charge in [0.15, 0.2) is 0 Å². The molecule has 2 aliphatic rings. The lowest BCUT2D eigenvalue weighted by Crippen LogP contribution is -2.26. The Morgan fingerprint density at radius 3 is 2.33 bits per heavy atom. The summed E-state index contributed by atoms with van der Waals surface area (Å²) in [6.45, 7) is 0.974. The molecule has 1 aliphatic heterocycles. The first-order valence-electron chi connectivity index (χ1n) is 8.22. The normalized spacial score (nSPS) is 28.2. The van der Waals surface area contributed by atoms with Crippen LogP contribution in [0.1, 0.15) is 77.0 Å². The summed E-state index contributed by atoms with van der Waals surface area (Å²) >= 11 is 0. The van der Waals surface area contributed by atoms with Crippen molar-refractivity contribution in [1.29, 1.82) is 0 Å². The Morgan fingerprint density at radius 1 is 0.889 bits per heavy atom. The van der Waals surface area contributed by atoms with Gasteiger partial charge in [0, 0.05) is 12.6 Å². The topological polar surface area (TPSA) is 35.2 Å². The first-order valence-corrected chi connectivity index (χ1v) is 8.22. The zero-order valence-corrected chi connectivity index (χ0v) is 11.9. The minimum atomic E-state index is 0.414. The Kier molecular flexibility index (Phi) is 6.50. The molecule has 18 heavy (non-hydrogen) atoms. The van der Waals surface area contributed by atoms with Gasteiger partial charge in [0.25, 0.3) is 0 Å². The van der Waals surface area contributed by atoms with E-state index in [1.54, 1.807) is 0 Å². The van der Waals surface area contributed by atoms with Crippen molar-refractivity contribution in [1.82, 2.24) is 0 Å². The van der Waals surface area contributed by atoms with Gasteiger partial charge in [-0.25, -0.2) is 0 Å². The Bertz CT molecular complexity index is 185. The van der Waals surface area contributed by atoms with Crippen LogP contribution in [0, 0.1) is 5.92 Å². The molecule has 2 atom stereocenters. The number of hydrogen-bond acceptors (Lipinski definition) is 2. The van der Waals surface area contributed by atoms with Crippen molar-refractivity contribution in [2.24, 2.45) is 11.7 Å². The molecule has 2 unspecified atom stereocenters. The maximum absolute atomic E-state index is 6.25. The van der Waals surface area contributed by atoms with Gasteiger partial charge in [-0.3, -0.25) is 0 Å². The molecule has 1 aliphatic carbocycles. The van der Waals surface area contributed by atoms with Gasteiger partial charge in [-0.2, -0.15) is 0 Å². The molecule has 2 N–H and O–H groups in total. The van der Waals surface area contributed by atoms with Gasteiger partial charge in [-0.05, 0) is 50.9 Å². The number of ether oxygens (including phenoxy) is 1. The summed E-state index contributed by atoms with van der Waals surface area (Å²) in [6, 6.07) is 0.414. The van der Waals surface area contributed by atoms with Crippen molar-refractivity contribution in [3.8, 4) is 0 Å². The van der Waals surface area contributed by atoms with E-state index in [1.807, 2.05) is 0 Å². The van der Waals surface area contributed by atoms with Crippen LogP contribution in [0.3, 0.4) is 0 Å². The predicted octanol–water partition coefficient (Wildman–Crippen LogP) is 4.02. The molecule has 2 rings (SSSR count). The standard InChI is InChI=1S/C16H31NO/c17-15(10-9-14-6-2-1-3-7-14)11-12-16-8-4-5-13-18-16/h14-16H,1-13,17H2. The van der Waals surface area contributed by atoms with E-state index in [-0.39, 0.29) is 0 Å². The third kappa shape index (κ3) is 5.27. The maximum Gasteiger partial charge on any atom is 0.0575 e. The van der Waals surface area contributed by atoms with Crippen LogP contribution in [0.2, 0.25) is 0 Å². The summed E-state index contributed by atoms with van der Waals surface area (Å²) in [5.74, 6) is 0.982. The number of rotatable bonds is 6. The number of hydrogen-bond donors (Lipinski definition) is 1. The summed E-state index contributed by atoms with van der Waals surface area (Å²) in [6.07, 6.45) is 16.6. The van der Waals surface area contributed by atoms with Gasteiger partial charge >= 0.3 is 0 Å². The van der Waals surface area contributed by atoms with E-state index in [0.29, 0.717) is 12.1 Å². The average Bonchev–Trinajstić information content (AvgIpc) is 2.45. The van der Waals surface area contributed by atoms with E-state index in [4.69, 9.17) is 10.5 Å². The van der Waals surface area contributed by atoms with E-state index in [1.165, 1.54) is 70.6 Å². The van der Waals surface area contributed by atoms with Gasteiger partial charge in [-0.15, -0.1) is 0 Å². The maximum atomic E-state index is 6.25. The Balaban J connectivity index is 1.52. The van der Waals surface area contributed by atoms with Crippen LogP contribution < -0.4 is 5.73 Å². The van der Waals surface area contributed by atoms with Crippen molar-refractivity contribution >= 4 is 0 Å². The van der Waals surface area contributed by atoms with E-state index in [2.05, 4.69) is 0 Å². The highest BCUT2D eigenvalue weighted by molar-refractivity contribution is 4.72. The highest BCUT2D eigenvalue weighted by atomic mass is 16.5. The van der Waals surface area contributed by atoms with E-state index in [0.717, 1.165) is 18.9 Å². The largest absolute Gasteiger partial charge is 0.378 e. The fourth-order valence-corrected chi connectivity index (χ4v) is 3.50. The second-order valence-electron chi connectivity index (χ2n) is 6.41. The lowest BCUT2D eigenvalue weighted by molar-refractivity contribution is 0.00894. The van der Waals surface area contributed by atoms with Crippen LogP contribution in [0.15, 0.2) is 0 Å². The minimum Gasteiger partial charge on any atom is -0.378 e. The number of nitrogens with two attached hydrogens (primary N) is 1. The minimum absolute atomic E-state index is 0.414. The van der Waals surface area contributed by atoms with Crippen molar-refractivity contribution < 1.29 is 4.74 Å². The third-order valence-electron chi connectivity index (χ3n) is 4.80. The first kappa shape index (κ1) is 14.3. The second kappa shape index (κ2) is 8.16. The summed E-state index contributed by atoms with van der Waals surface area (Å²) in [7, 11) is 0. The van der Waals surface area contributed by atoms with Crippen LogP contribution in [-0.2, 0) is 4.74 Å². The highest BCUT2D eigenvalue weighted by Crippen LogP contribution is 2.28. The fourth-order valence-electron chi connectivity index (χ4n) is 3.50. The SMILES string of the molecule is NC(CCC1CCCCC1)CCC1CCCCO1. The summed E-state index contributed by atoms with van der Waals surface area (Å²) in [4.78, 5) is 0. The molecule has 2 heteroatoms. The van der Waals surface area contributed by atoms with E-state index >= 15 is 0 Å². The molecular weight excluding hydrogens is 222 g/mol. The van der Waals surface area contributed by atoms with Crippen molar-refractivity contribution in [3.05, 3.63) is 0 Å². The molecule has 106 valence electrons.